The molecule has 0 aliphatic carbocycles. The van der Waals surface area contributed by atoms with Crippen LogP contribution >= 0.6 is 0 Å². The maximum Gasteiger partial charge on any atom is 0.234 e. The van der Waals surface area contributed by atoms with Crippen molar-refractivity contribution in [1.82, 2.24) is 10.2 Å². The molecule has 1 aromatic carbocycles. The van der Waals surface area contributed by atoms with E-state index in [0.717, 1.165) is 25.1 Å². The number of hydrogen-bond donors (Lipinski definition) is 1. The van der Waals surface area contributed by atoms with Gasteiger partial charge in [-0.2, -0.15) is 0 Å². The molecule has 1 aliphatic heterocycles. The molecule has 0 aromatic heterocycles. The minimum Gasteiger partial charge on any atom is -0.493 e. The number of morpholine rings is 1. The summed E-state index contributed by atoms with van der Waals surface area (Å²) in [4.78, 5) is 14.2. The maximum absolute atomic E-state index is 12.1. The Morgan fingerprint density at radius 3 is 2.50 bits per heavy atom. The summed E-state index contributed by atoms with van der Waals surface area (Å²) in [6.07, 6.45) is 1.10. The van der Waals surface area contributed by atoms with Gasteiger partial charge in [-0.15, -0.1) is 0 Å². The van der Waals surface area contributed by atoms with Gasteiger partial charge in [0.15, 0.2) is 11.5 Å². The molecule has 6 heteroatoms. The Balaban J connectivity index is 1.76. The fourth-order valence-corrected chi connectivity index (χ4v) is 3.05. The Bertz CT molecular complexity index is 540. The van der Waals surface area contributed by atoms with E-state index in [-0.39, 0.29) is 18.1 Å². The van der Waals surface area contributed by atoms with Gasteiger partial charge in [-0.3, -0.25) is 9.69 Å². The second-order valence-corrected chi connectivity index (χ2v) is 6.24. The average molecular weight is 336 g/mol. The monoisotopic (exact) mass is 336 g/mol. The highest BCUT2D eigenvalue weighted by Gasteiger charge is 2.23. The van der Waals surface area contributed by atoms with Crippen LogP contribution in [0.25, 0.3) is 0 Å². The number of nitrogens with one attached hydrogen (secondary N) is 1. The zero-order valence-electron chi connectivity index (χ0n) is 15.0. The highest BCUT2D eigenvalue weighted by Crippen LogP contribution is 2.27. The molecule has 134 valence electrons. The van der Waals surface area contributed by atoms with Crippen molar-refractivity contribution in [3.05, 3.63) is 23.8 Å². The molecule has 1 saturated heterocycles. The number of carbonyl (C=O) groups is 1. The van der Waals surface area contributed by atoms with E-state index in [0.29, 0.717) is 24.6 Å². The van der Waals surface area contributed by atoms with Crippen molar-refractivity contribution in [3.8, 4) is 11.5 Å². The summed E-state index contributed by atoms with van der Waals surface area (Å²) >= 11 is 0. The van der Waals surface area contributed by atoms with E-state index in [1.54, 1.807) is 14.2 Å². The first-order valence-corrected chi connectivity index (χ1v) is 8.37. The van der Waals surface area contributed by atoms with Crippen molar-refractivity contribution in [2.24, 2.45) is 0 Å². The maximum atomic E-state index is 12.1. The molecule has 0 saturated carbocycles. The molecular weight excluding hydrogens is 308 g/mol. The summed E-state index contributed by atoms with van der Waals surface area (Å²) in [5.41, 5.74) is 1.10. The molecule has 24 heavy (non-hydrogen) atoms. The summed E-state index contributed by atoms with van der Waals surface area (Å²) in [5.74, 6) is 1.47. The van der Waals surface area contributed by atoms with Crippen LogP contribution in [0.2, 0.25) is 0 Å². The van der Waals surface area contributed by atoms with Gasteiger partial charge in [0.25, 0.3) is 0 Å². The zero-order chi connectivity index (χ0) is 17.5. The molecule has 1 fully saturated rings. The van der Waals surface area contributed by atoms with E-state index in [2.05, 4.69) is 10.2 Å². The highest BCUT2D eigenvalue weighted by atomic mass is 16.5. The van der Waals surface area contributed by atoms with Crippen LogP contribution in [0.4, 0.5) is 0 Å². The van der Waals surface area contributed by atoms with E-state index in [1.165, 1.54) is 0 Å². The van der Waals surface area contributed by atoms with Gasteiger partial charge in [0.05, 0.1) is 33.0 Å². The van der Waals surface area contributed by atoms with Gasteiger partial charge in [0.2, 0.25) is 5.91 Å². The Morgan fingerprint density at radius 1 is 1.21 bits per heavy atom. The fourth-order valence-electron chi connectivity index (χ4n) is 3.05. The molecule has 2 rings (SSSR count). The van der Waals surface area contributed by atoms with Gasteiger partial charge in [0.1, 0.15) is 0 Å². The number of amides is 1. The normalized spacial score (nSPS) is 21.3. The van der Waals surface area contributed by atoms with Crippen molar-refractivity contribution in [3.63, 3.8) is 0 Å². The third kappa shape index (κ3) is 5.39. The molecule has 2 unspecified atom stereocenters. The van der Waals surface area contributed by atoms with Crippen molar-refractivity contribution < 1.29 is 19.0 Å². The van der Waals surface area contributed by atoms with E-state index in [4.69, 9.17) is 14.2 Å². The number of ether oxygens (including phenoxy) is 3. The quantitative estimate of drug-likeness (QED) is 0.817. The van der Waals surface area contributed by atoms with Crippen molar-refractivity contribution >= 4 is 5.91 Å². The van der Waals surface area contributed by atoms with Gasteiger partial charge in [-0.1, -0.05) is 6.07 Å². The van der Waals surface area contributed by atoms with Crippen LogP contribution in [0.5, 0.6) is 11.5 Å². The second kappa shape index (κ2) is 8.89. The van der Waals surface area contributed by atoms with E-state index in [1.807, 2.05) is 32.0 Å². The summed E-state index contributed by atoms with van der Waals surface area (Å²) in [5, 5.41) is 2.98. The van der Waals surface area contributed by atoms with Crippen LogP contribution in [0.3, 0.4) is 0 Å². The SMILES string of the molecule is COc1ccc(CCNC(=O)CN2CC(C)OC(C)C2)cc1OC. The molecule has 1 N–H and O–H groups in total. The minimum atomic E-state index is 0.0526. The lowest BCUT2D eigenvalue weighted by molar-refractivity contribution is -0.125. The first-order chi connectivity index (χ1) is 11.5. The Hall–Kier alpha value is -1.79. The van der Waals surface area contributed by atoms with E-state index < -0.39 is 0 Å². The molecule has 2 atom stereocenters. The topological polar surface area (TPSA) is 60.0 Å². The van der Waals surface area contributed by atoms with Gasteiger partial charge < -0.3 is 19.5 Å². The highest BCUT2D eigenvalue weighted by molar-refractivity contribution is 5.78. The predicted molar refractivity (Wildman–Crippen MR) is 92.7 cm³/mol. The number of methoxy groups -OCH3 is 2. The fraction of sp³-hybridized carbons (Fsp3) is 0.611. The summed E-state index contributed by atoms with van der Waals surface area (Å²) in [6.45, 7) is 6.70. The van der Waals surface area contributed by atoms with Crippen LogP contribution in [0, 0.1) is 0 Å². The number of hydrogen-bond acceptors (Lipinski definition) is 5. The lowest BCUT2D eigenvalue weighted by atomic mass is 10.1. The second-order valence-electron chi connectivity index (χ2n) is 6.24. The Morgan fingerprint density at radius 2 is 1.88 bits per heavy atom. The smallest absolute Gasteiger partial charge is 0.234 e. The molecule has 1 amide bonds. The number of carbonyl (C=O) groups excluding carboxylic acids is 1. The first kappa shape index (κ1) is 18.5. The van der Waals surface area contributed by atoms with Gasteiger partial charge in [0, 0.05) is 19.6 Å². The lowest BCUT2D eigenvalue weighted by Crippen LogP contribution is -2.49. The van der Waals surface area contributed by atoms with Crippen LogP contribution in [0.15, 0.2) is 18.2 Å². The lowest BCUT2D eigenvalue weighted by Gasteiger charge is -2.34. The minimum absolute atomic E-state index is 0.0526. The van der Waals surface area contributed by atoms with Crippen LogP contribution in [-0.4, -0.2) is 63.4 Å². The first-order valence-electron chi connectivity index (χ1n) is 8.37. The average Bonchev–Trinajstić information content (AvgIpc) is 2.53. The summed E-state index contributed by atoms with van der Waals surface area (Å²) in [6, 6.07) is 5.81. The number of rotatable bonds is 7. The molecule has 1 aromatic rings. The van der Waals surface area contributed by atoms with Crippen LogP contribution in [0.1, 0.15) is 19.4 Å². The Kier molecular flexibility index (Phi) is 6.87. The molecule has 6 nitrogen and oxygen atoms in total. The third-order valence-electron chi connectivity index (χ3n) is 4.05. The molecule has 0 spiro atoms. The third-order valence-corrected chi connectivity index (χ3v) is 4.05. The number of nitrogens with zero attached hydrogens (tertiary/aromatic N) is 1. The summed E-state index contributed by atoms with van der Waals surface area (Å²) in [7, 11) is 3.23. The largest absolute Gasteiger partial charge is 0.493 e. The van der Waals surface area contributed by atoms with Gasteiger partial charge in [-0.25, -0.2) is 0 Å². The predicted octanol–water partition coefficient (Wildman–Crippen LogP) is 1.47. The van der Waals surface area contributed by atoms with E-state index >= 15 is 0 Å². The standard InChI is InChI=1S/C18H28N2O4/c1-13-10-20(11-14(2)24-13)12-18(21)19-8-7-15-5-6-16(22-3)17(9-15)23-4/h5-6,9,13-14H,7-8,10-12H2,1-4H3,(H,19,21). The van der Waals surface area contributed by atoms with E-state index in [9.17, 15) is 4.79 Å². The molecular formula is C18H28N2O4. The van der Waals surface area contributed by atoms with Crippen molar-refractivity contribution in [2.45, 2.75) is 32.5 Å². The molecule has 1 aliphatic rings. The van der Waals surface area contributed by atoms with Crippen LogP contribution in [-0.2, 0) is 16.0 Å². The summed E-state index contributed by atoms with van der Waals surface area (Å²) < 4.78 is 16.2. The molecule has 0 bridgehead atoms. The Labute approximate surface area is 144 Å². The van der Waals surface area contributed by atoms with Crippen molar-refractivity contribution in [1.29, 1.82) is 0 Å². The molecule has 1 heterocycles. The van der Waals surface area contributed by atoms with Crippen molar-refractivity contribution in [2.75, 3.05) is 40.4 Å². The van der Waals surface area contributed by atoms with Crippen LogP contribution < -0.4 is 14.8 Å². The molecule has 0 radical (unpaired) electrons. The number of benzene rings is 1. The van der Waals surface area contributed by atoms with Gasteiger partial charge in [-0.05, 0) is 38.0 Å². The van der Waals surface area contributed by atoms with Gasteiger partial charge >= 0.3 is 0 Å². The zero-order valence-corrected chi connectivity index (χ0v) is 15.0.